The SMILES string of the molecule is C#CCC(CCC)c1c(F)cccc1Cl. The van der Waals surface area contributed by atoms with Crippen LogP contribution in [0.25, 0.3) is 0 Å². The minimum Gasteiger partial charge on any atom is -0.207 e. The van der Waals surface area contributed by atoms with Gasteiger partial charge < -0.3 is 0 Å². The van der Waals surface area contributed by atoms with Crippen molar-refractivity contribution in [1.82, 2.24) is 0 Å². The molecule has 0 aromatic heterocycles. The lowest BCUT2D eigenvalue weighted by Gasteiger charge is -2.16. The first-order chi connectivity index (χ1) is 7.20. The lowest BCUT2D eigenvalue weighted by Crippen LogP contribution is -2.02. The zero-order valence-electron chi connectivity index (χ0n) is 8.76. The van der Waals surface area contributed by atoms with E-state index in [1.807, 2.05) is 0 Å². The van der Waals surface area contributed by atoms with Crippen LogP contribution in [0.4, 0.5) is 4.39 Å². The Morgan fingerprint density at radius 3 is 2.80 bits per heavy atom. The van der Waals surface area contributed by atoms with Gasteiger partial charge in [0.25, 0.3) is 0 Å². The van der Waals surface area contributed by atoms with Crippen molar-refractivity contribution in [2.24, 2.45) is 0 Å². The van der Waals surface area contributed by atoms with Crippen LogP contribution in [0.15, 0.2) is 18.2 Å². The molecule has 15 heavy (non-hydrogen) atoms. The van der Waals surface area contributed by atoms with Crippen LogP contribution in [-0.2, 0) is 0 Å². The number of halogens is 2. The third-order valence-corrected chi connectivity index (χ3v) is 2.74. The summed E-state index contributed by atoms with van der Waals surface area (Å²) in [5, 5.41) is 0.476. The van der Waals surface area contributed by atoms with Crippen LogP contribution >= 0.6 is 11.6 Å². The van der Waals surface area contributed by atoms with Crippen molar-refractivity contribution < 1.29 is 4.39 Å². The Hall–Kier alpha value is -1.00. The molecule has 0 fully saturated rings. The Labute approximate surface area is 95.5 Å². The van der Waals surface area contributed by atoms with Crippen LogP contribution in [0.2, 0.25) is 5.02 Å². The number of terminal acetylenes is 1. The van der Waals surface area contributed by atoms with Gasteiger partial charge in [-0.25, -0.2) is 4.39 Å². The second kappa shape index (κ2) is 5.78. The molecule has 1 aromatic rings. The molecule has 0 aliphatic heterocycles. The van der Waals surface area contributed by atoms with Gasteiger partial charge in [0.15, 0.2) is 0 Å². The molecule has 0 heterocycles. The number of hydrogen-bond donors (Lipinski definition) is 0. The third kappa shape index (κ3) is 2.97. The Morgan fingerprint density at radius 2 is 2.27 bits per heavy atom. The fourth-order valence-electron chi connectivity index (χ4n) is 1.74. The lowest BCUT2D eigenvalue weighted by atomic mass is 9.91. The van der Waals surface area contributed by atoms with Gasteiger partial charge in [-0.3, -0.25) is 0 Å². The molecule has 0 saturated heterocycles. The monoisotopic (exact) mass is 224 g/mol. The average molecular weight is 225 g/mol. The molecule has 1 rings (SSSR count). The molecular formula is C13H14ClF. The van der Waals surface area contributed by atoms with E-state index in [4.69, 9.17) is 18.0 Å². The summed E-state index contributed by atoms with van der Waals surface area (Å²) in [4.78, 5) is 0. The third-order valence-electron chi connectivity index (χ3n) is 2.41. The quantitative estimate of drug-likeness (QED) is 0.666. The largest absolute Gasteiger partial charge is 0.207 e. The standard InChI is InChI=1S/C13H14ClF/c1-3-6-10(7-4-2)13-11(14)8-5-9-12(13)15/h1,5,8-10H,4,6-7H2,2H3. The Morgan fingerprint density at radius 1 is 1.53 bits per heavy atom. The molecule has 0 bridgehead atoms. The molecular weight excluding hydrogens is 211 g/mol. The summed E-state index contributed by atoms with van der Waals surface area (Å²) in [6.07, 6.45) is 7.65. The van der Waals surface area contributed by atoms with Gasteiger partial charge in [-0.2, -0.15) is 0 Å². The number of hydrogen-bond acceptors (Lipinski definition) is 0. The fourth-order valence-corrected chi connectivity index (χ4v) is 2.06. The highest BCUT2D eigenvalue weighted by Gasteiger charge is 2.17. The summed E-state index contributed by atoms with van der Waals surface area (Å²) in [6.45, 7) is 2.05. The van der Waals surface area contributed by atoms with Crippen LogP contribution in [0.1, 0.15) is 37.7 Å². The van der Waals surface area contributed by atoms with E-state index in [1.165, 1.54) is 6.07 Å². The first-order valence-electron chi connectivity index (χ1n) is 5.08. The highest BCUT2D eigenvalue weighted by molar-refractivity contribution is 6.31. The average Bonchev–Trinajstić information content (AvgIpc) is 2.18. The second-order valence-corrected chi connectivity index (χ2v) is 3.94. The number of rotatable bonds is 4. The molecule has 0 aliphatic rings. The summed E-state index contributed by atoms with van der Waals surface area (Å²) in [5.74, 6) is 2.36. The molecule has 1 atom stereocenters. The smallest absolute Gasteiger partial charge is 0.128 e. The Balaban J connectivity index is 3.05. The predicted molar refractivity (Wildman–Crippen MR) is 62.5 cm³/mol. The van der Waals surface area contributed by atoms with Gasteiger partial charge >= 0.3 is 0 Å². The number of benzene rings is 1. The normalized spacial score (nSPS) is 12.1. The van der Waals surface area contributed by atoms with Crippen LogP contribution in [0, 0.1) is 18.2 Å². The molecule has 0 amide bonds. The van der Waals surface area contributed by atoms with Gasteiger partial charge in [-0.05, 0) is 24.5 Å². The lowest BCUT2D eigenvalue weighted by molar-refractivity contribution is 0.556. The van der Waals surface area contributed by atoms with Crippen LogP contribution in [0.5, 0.6) is 0 Å². The molecule has 0 radical (unpaired) electrons. The van der Waals surface area contributed by atoms with E-state index in [0.717, 1.165) is 12.8 Å². The van der Waals surface area contributed by atoms with Crippen molar-refractivity contribution >= 4 is 11.6 Å². The summed E-state index contributed by atoms with van der Waals surface area (Å²) in [7, 11) is 0. The molecule has 80 valence electrons. The molecule has 0 saturated carbocycles. The van der Waals surface area contributed by atoms with Crippen molar-refractivity contribution in [2.45, 2.75) is 32.1 Å². The van der Waals surface area contributed by atoms with Gasteiger partial charge in [-0.15, -0.1) is 12.3 Å². The molecule has 0 spiro atoms. The van der Waals surface area contributed by atoms with Gasteiger partial charge in [0, 0.05) is 17.0 Å². The van der Waals surface area contributed by atoms with Crippen LogP contribution in [-0.4, -0.2) is 0 Å². The van der Waals surface area contributed by atoms with E-state index in [2.05, 4.69) is 12.8 Å². The topological polar surface area (TPSA) is 0 Å². The van der Waals surface area contributed by atoms with Crippen molar-refractivity contribution in [1.29, 1.82) is 0 Å². The van der Waals surface area contributed by atoms with Crippen LogP contribution < -0.4 is 0 Å². The van der Waals surface area contributed by atoms with Gasteiger partial charge in [0.2, 0.25) is 0 Å². The first kappa shape index (κ1) is 12.1. The van der Waals surface area contributed by atoms with E-state index in [9.17, 15) is 4.39 Å². The minimum atomic E-state index is -0.254. The Kier molecular flexibility index (Phi) is 4.65. The van der Waals surface area contributed by atoms with Gasteiger partial charge in [0.1, 0.15) is 5.82 Å². The van der Waals surface area contributed by atoms with E-state index in [0.29, 0.717) is 17.0 Å². The summed E-state index contributed by atoms with van der Waals surface area (Å²) in [6, 6.07) is 4.75. The summed E-state index contributed by atoms with van der Waals surface area (Å²) >= 11 is 5.99. The summed E-state index contributed by atoms with van der Waals surface area (Å²) in [5.41, 5.74) is 0.568. The highest BCUT2D eigenvalue weighted by atomic mass is 35.5. The van der Waals surface area contributed by atoms with Gasteiger partial charge in [-0.1, -0.05) is 31.0 Å². The molecule has 1 aromatic carbocycles. The first-order valence-corrected chi connectivity index (χ1v) is 5.45. The van der Waals surface area contributed by atoms with Crippen molar-refractivity contribution in [3.8, 4) is 12.3 Å². The molecule has 1 unspecified atom stereocenters. The second-order valence-electron chi connectivity index (χ2n) is 3.53. The van der Waals surface area contributed by atoms with E-state index in [1.54, 1.807) is 12.1 Å². The van der Waals surface area contributed by atoms with E-state index >= 15 is 0 Å². The summed E-state index contributed by atoms with van der Waals surface area (Å²) < 4.78 is 13.6. The van der Waals surface area contributed by atoms with Crippen LogP contribution in [0.3, 0.4) is 0 Å². The van der Waals surface area contributed by atoms with Crippen molar-refractivity contribution in [3.05, 3.63) is 34.6 Å². The minimum absolute atomic E-state index is 0.0358. The predicted octanol–water partition coefficient (Wildman–Crippen LogP) is 4.39. The fraction of sp³-hybridized carbons (Fsp3) is 0.385. The molecule has 2 heteroatoms. The van der Waals surface area contributed by atoms with Gasteiger partial charge in [0.05, 0.1) is 0 Å². The maximum Gasteiger partial charge on any atom is 0.128 e. The molecule has 0 nitrogen and oxygen atoms in total. The van der Waals surface area contributed by atoms with E-state index < -0.39 is 0 Å². The molecule has 0 N–H and O–H groups in total. The maximum atomic E-state index is 13.6. The zero-order chi connectivity index (χ0) is 11.3. The van der Waals surface area contributed by atoms with Crippen molar-refractivity contribution in [3.63, 3.8) is 0 Å². The zero-order valence-corrected chi connectivity index (χ0v) is 9.52. The van der Waals surface area contributed by atoms with E-state index in [-0.39, 0.29) is 11.7 Å². The Bertz CT molecular complexity index is 345. The molecule has 0 aliphatic carbocycles. The highest BCUT2D eigenvalue weighted by Crippen LogP contribution is 2.32. The maximum absolute atomic E-state index is 13.6. The van der Waals surface area contributed by atoms with Crippen molar-refractivity contribution in [2.75, 3.05) is 0 Å².